The van der Waals surface area contributed by atoms with E-state index in [1.54, 1.807) is 24.3 Å². The van der Waals surface area contributed by atoms with Crippen molar-refractivity contribution in [2.45, 2.75) is 12.8 Å². The molecule has 0 heterocycles. The van der Waals surface area contributed by atoms with Gasteiger partial charge in [-0.15, -0.1) is 0 Å². The maximum Gasteiger partial charge on any atom is 0.163 e. The first-order valence-corrected chi connectivity index (χ1v) is 6.22. The molecule has 0 aliphatic heterocycles. The van der Waals surface area contributed by atoms with Crippen LogP contribution in [0.5, 0.6) is 5.75 Å². The van der Waals surface area contributed by atoms with Crippen LogP contribution < -0.4 is 4.74 Å². The van der Waals surface area contributed by atoms with E-state index in [1.807, 2.05) is 18.2 Å². The number of benzene rings is 2. The number of Topliss-reactive ketones (excluding diaryl/α,β-unsaturated/α-hetero) is 1. The first-order valence-electron chi connectivity index (χ1n) is 6.22. The Morgan fingerprint density at radius 3 is 2.58 bits per heavy atom. The molecule has 0 N–H and O–H groups in total. The molecule has 2 aromatic carbocycles. The molecule has 0 unspecified atom stereocenters. The fourth-order valence-corrected chi connectivity index (χ4v) is 1.75. The first-order chi connectivity index (χ1) is 9.25. The predicted octanol–water partition coefficient (Wildman–Crippen LogP) is 3.87. The predicted molar refractivity (Wildman–Crippen MR) is 71.9 cm³/mol. The number of halogens is 1. The second-order valence-corrected chi connectivity index (χ2v) is 4.20. The van der Waals surface area contributed by atoms with Gasteiger partial charge >= 0.3 is 0 Å². The molecule has 0 saturated heterocycles. The second kappa shape index (κ2) is 6.69. The van der Waals surface area contributed by atoms with Crippen molar-refractivity contribution < 1.29 is 13.9 Å². The van der Waals surface area contributed by atoms with Crippen LogP contribution in [0.3, 0.4) is 0 Å². The monoisotopic (exact) mass is 258 g/mol. The number of carbonyl (C=O) groups excluding carboxylic acids is 1. The van der Waals surface area contributed by atoms with E-state index >= 15 is 0 Å². The lowest BCUT2D eigenvalue weighted by atomic mass is 10.1. The molecule has 0 bridgehead atoms. The number of ether oxygens (including phenoxy) is 1. The van der Waals surface area contributed by atoms with Gasteiger partial charge in [-0.25, -0.2) is 4.39 Å². The fourth-order valence-electron chi connectivity index (χ4n) is 1.75. The molecule has 98 valence electrons. The standard InChI is InChI=1S/C16H15FO2/c17-14-8-4-9-15(12-14)19-11-5-10-16(18)13-6-2-1-3-7-13/h1-4,6-9,12H,5,10-11H2. The van der Waals surface area contributed by atoms with E-state index in [1.165, 1.54) is 12.1 Å². The Kier molecular flexibility index (Phi) is 4.67. The van der Waals surface area contributed by atoms with Gasteiger partial charge in [0, 0.05) is 18.1 Å². The quantitative estimate of drug-likeness (QED) is 0.580. The summed E-state index contributed by atoms with van der Waals surface area (Å²) < 4.78 is 18.3. The summed E-state index contributed by atoms with van der Waals surface area (Å²) in [6, 6.07) is 15.2. The van der Waals surface area contributed by atoms with Gasteiger partial charge in [-0.05, 0) is 18.6 Å². The van der Waals surface area contributed by atoms with Gasteiger partial charge in [-0.1, -0.05) is 36.4 Å². The van der Waals surface area contributed by atoms with Crippen LogP contribution in [0.2, 0.25) is 0 Å². The highest BCUT2D eigenvalue weighted by molar-refractivity contribution is 5.95. The molecular formula is C16H15FO2. The third kappa shape index (κ3) is 4.21. The largest absolute Gasteiger partial charge is 0.493 e. The van der Waals surface area contributed by atoms with Gasteiger partial charge in [0.25, 0.3) is 0 Å². The number of carbonyl (C=O) groups is 1. The van der Waals surface area contributed by atoms with Crippen LogP contribution in [0.1, 0.15) is 23.2 Å². The van der Waals surface area contributed by atoms with Crippen molar-refractivity contribution in [3.8, 4) is 5.75 Å². The van der Waals surface area contributed by atoms with Crippen LogP contribution >= 0.6 is 0 Å². The molecule has 0 saturated carbocycles. The minimum Gasteiger partial charge on any atom is -0.493 e. The normalized spacial score (nSPS) is 10.2. The lowest BCUT2D eigenvalue weighted by Gasteiger charge is -2.05. The van der Waals surface area contributed by atoms with E-state index in [2.05, 4.69) is 0 Å². The first kappa shape index (κ1) is 13.3. The van der Waals surface area contributed by atoms with Crippen molar-refractivity contribution in [1.29, 1.82) is 0 Å². The summed E-state index contributed by atoms with van der Waals surface area (Å²) in [5, 5.41) is 0. The number of hydrogen-bond donors (Lipinski definition) is 0. The van der Waals surface area contributed by atoms with E-state index in [9.17, 15) is 9.18 Å². The Balaban J connectivity index is 1.74. The van der Waals surface area contributed by atoms with E-state index < -0.39 is 0 Å². The molecule has 0 atom stereocenters. The Hall–Kier alpha value is -2.16. The van der Waals surface area contributed by atoms with E-state index in [-0.39, 0.29) is 11.6 Å². The summed E-state index contributed by atoms with van der Waals surface area (Å²) in [6.45, 7) is 0.405. The third-order valence-electron chi connectivity index (χ3n) is 2.71. The zero-order chi connectivity index (χ0) is 13.5. The molecule has 0 radical (unpaired) electrons. The minimum atomic E-state index is -0.321. The highest BCUT2D eigenvalue weighted by atomic mass is 19.1. The Labute approximate surface area is 111 Å². The van der Waals surface area contributed by atoms with Gasteiger partial charge in [0.1, 0.15) is 11.6 Å². The van der Waals surface area contributed by atoms with E-state index in [4.69, 9.17) is 4.74 Å². The topological polar surface area (TPSA) is 26.3 Å². The Bertz CT molecular complexity index is 537. The van der Waals surface area contributed by atoms with Crippen molar-refractivity contribution in [2.24, 2.45) is 0 Å². The molecule has 0 aliphatic rings. The third-order valence-corrected chi connectivity index (χ3v) is 2.71. The fraction of sp³-hybridized carbons (Fsp3) is 0.188. The van der Waals surface area contributed by atoms with Gasteiger partial charge in [0.05, 0.1) is 6.61 Å². The molecule has 3 heteroatoms. The van der Waals surface area contributed by atoms with Gasteiger partial charge < -0.3 is 4.74 Å². The van der Waals surface area contributed by atoms with E-state index in [0.717, 1.165) is 0 Å². The highest BCUT2D eigenvalue weighted by Gasteiger charge is 2.04. The summed E-state index contributed by atoms with van der Waals surface area (Å²) in [5.74, 6) is 0.272. The molecule has 0 aliphatic carbocycles. The SMILES string of the molecule is O=C(CCCOc1cccc(F)c1)c1ccccc1. The molecule has 2 rings (SSSR count). The lowest BCUT2D eigenvalue weighted by Crippen LogP contribution is -2.03. The summed E-state index contributed by atoms with van der Waals surface area (Å²) in [7, 11) is 0. The van der Waals surface area contributed by atoms with Crippen LogP contribution in [0, 0.1) is 5.82 Å². The number of rotatable bonds is 6. The zero-order valence-corrected chi connectivity index (χ0v) is 10.5. The average Bonchev–Trinajstić information content (AvgIpc) is 2.44. The van der Waals surface area contributed by atoms with Gasteiger partial charge in [-0.3, -0.25) is 4.79 Å². The Morgan fingerprint density at radius 1 is 1.05 bits per heavy atom. The number of ketones is 1. The maximum absolute atomic E-state index is 12.9. The average molecular weight is 258 g/mol. The summed E-state index contributed by atoms with van der Waals surface area (Å²) in [6.07, 6.45) is 1.05. The van der Waals surface area contributed by atoms with Crippen molar-refractivity contribution in [2.75, 3.05) is 6.61 Å². The van der Waals surface area contributed by atoms with Crippen molar-refractivity contribution >= 4 is 5.78 Å². The maximum atomic E-state index is 12.9. The summed E-state index contributed by atoms with van der Waals surface area (Å²) in [5.41, 5.74) is 0.716. The molecular weight excluding hydrogens is 243 g/mol. The molecule has 0 spiro atoms. The smallest absolute Gasteiger partial charge is 0.163 e. The summed E-state index contributed by atoms with van der Waals surface area (Å²) >= 11 is 0. The summed E-state index contributed by atoms with van der Waals surface area (Å²) in [4.78, 5) is 11.8. The van der Waals surface area contributed by atoms with Crippen molar-refractivity contribution in [1.82, 2.24) is 0 Å². The minimum absolute atomic E-state index is 0.100. The zero-order valence-electron chi connectivity index (χ0n) is 10.5. The molecule has 2 nitrogen and oxygen atoms in total. The van der Waals surface area contributed by atoms with Crippen molar-refractivity contribution in [3.63, 3.8) is 0 Å². The van der Waals surface area contributed by atoms with Crippen molar-refractivity contribution in [3.05, 3.63) is 66.0 Å². The molecule has 0 aromatic heterocycles. The molecule has 0 amide bonds. The van der Waals surface area contributed by atoms with Gasteiger partial charge in [0.2, 0.25) is 0 Å². The van der Waals surface area contributed by atoms with Crippen LogP contribution in [0.25, 0.3) is 0 Å². The molecule has 2 aromatic rings. The molecule has 19 heavy (non-hydrogen) atoms. The molecule has 0 fully saturated rings. The van der Waals surface area contributed by atoms with E-state index in [0.29, 0.717) is 30.8 Å². The lowest BCUT2D eigenvalue weighted by molar-refractivity contribution is 0.0973. The van der Waals surface area contributed by atoms with Gasteiger partial charge in [-0.2, -0.15) is 0 Å². The van der Waals surface area contributed by atoms with Crippen LogP contribution in [0.15, 0.2) is 54.6 Å². The van der Waals surface area contributed by atoms with Gasteiger partial charge in [0.15, 0.2) is 5.78 Å². The second-order valence-electron chi connectivity index (χ2n) is 4.20. The highest BCUT2D eigenvalue weighted by Crippen LogP contribution is 2.13. The number of hydrogen-bond acceptors (Lipinski definition) is 2. The Morgan fingerprint density at radius 2 is 1.84 bits per heavy atom. The van der Waals surface area contributed by atoms with Crippen LogP contribution in [0.4, 0.5) is 4.39 Å². The van der Waals surface area contributed by atoms with Crippen LogP contribution in [-0.2, 0) is 0 Å². The van der Waals surface area contributed by atoms with Crippen LogP contribution in [-0.4, -0.2) is 12.4 Å².